The topological polar surface area (TPSA) is 57.7 Å². The van der Waals surface area contributed by atoms with Crippen LogP contribution in [0.3, 0.4) is 0 Å². The number of piperidine rings is 1. The summed E-state index contributed by atoms with van der Waals surface area (Å²) in [4.78, 5) is 11.4. The highest BCUT2D eigenvalue weighted by Crippen LogP contribution is 2.28. The van der Waals surface area contributed by atoms with Crippen LogP contribution >= 0.6 is 0 Å². The maximum Gasteiger partial charge on any atom is 0.150 e. The van der Waals surface area contributed by atoms with E-state index in [2.05, 4.69) is 31.1 Å². The van der Waals surface area contributed by atoms with Gasteiger partial charge >= 0.3 is 0 Å². The highest BCUT2D eigenvalue weighted by Gasteiger charge is 2.24. The zero-order valence-electron chi connectivity index (χ0n) is 11.4. The van der Waals surface area contributed by atoms with Crippen LogP contribution in [-0.4, -0.2) is 33.3 Å². The van der Waals surface area contributed by atoms with E-state index in [9.17, 15) is 0 Å². The number of aromatic amines is 1. The van der Waals surface area contributed by atoms with Gasteiger partial charge in [-0.3, -0.25) is 10.1 Å². The summed E-state index contributed by atoms with van der Waals surface area (Å²) in [6.45, 7) is 6.07. The maximum atomic E-state index is 4.65. The second kappa shape index (κ2) is 4.99. The lowest BCUT2D eigenvalue weighted by Gasteiger charge is -2.33. The summed E-state index contributed by atoms with van der Waals surface area (Å²) in [7, 11) is 0. The van der Waals surface area contributed by atoms with Gasteiger partial charge in [0, 0.05) is 37.1 Å². The Hall–Kier alpha value is -1.91. The largest absolute Gasteiger partial charge is 0.354 e. The Kier molecular flexibility index (Phi) is 3.19. The summed E-state index contributed by atoms with van der Waals surface area (Å²) >= 11 is 0. The summed E-state index contributed by atoms with van der Waals surface area (Å²) in [5.74, 6) is 1.54. The fraction of sp³-hybridized carbons (Fsp3) is 0.500. The van der Waals surface area contributed by atoms with E-state index < -0.39 is 0 Å². The van der Waals surface area contributed by atoms with Crippen LogP contribution < -0.4 is 4.90 Å². The Morgan fingerprint density at radius 2 is 2.26 bits per heavy atom. The minimum absolute atomic E-state index is 0.512. The summed E-state index contributed by atoms with van der Waals surface area (Å²) < 4.78 is 0. The normalized spacial score (nSPS) is 19.7. The monoisotopic (exact) mass is 257 g/mol. The van der Waals surface area contributed by atoms with Crippen LogP contribution in [0, 0.1) is 13.8 Å². The first-order valence-electron chi connectivity index (χ1n) is 6.78. The molecule has 3 rings (SSSR count). The average Bonchev–Trinajstić information content (AvgIpc) is 2.96. The quantitative estimate of drug-likeness (QED) is 0.896. The molecular formula is C14H19N5. The zero-order chi connectivity index (χ0) is 13.2. The third-order valence-corrected chi connectivity index (χ3v) is 3.73. The predicted molar refractivity (Wildman–Crippen MR) is 74.3 cm³/mol. The lowest BCUT2D eigenvalue weighted by molar-refractivity contribution is 0.496. The molecule has 19 heavy (non-hydrogen) atoms. The predicted octanol–water partition coefficient (Wildman–Crippen LogP) is 2.20. The number of anilines is 1. The van der Waals surface area contributed by atoms with E-state index in [1.165, 1.54) is 18.5 Å². The molecule has 1 aliphatic rings. The van der Waals surface area contributed by atoms with Crippen molar-refractivity contribution in [1.29, 1.82) is 0 Å². The van der Waals surface area contributed by atoms with Crippen LogP contribution in [0.15, 0.2) is 18.5 Å². The van der Waals surface area contributed by atoms with Gasteiger partial charge in [-0.1, -0.05) is 0 Å². The minimum Gasteiger partial charge on any atom is -0.354 e. The van der Waals surface area contributed by atoms with Gasteiger partial charge in [0.25, 0.3) is 0 Å². The zero-order valence-corrected chi connectivity index (χ0v) is 11.4. The van der Waals surface area contributed by atoms with E-state index >= 15 is 0 Å². The average molecular weight is 257 g/mol. The van der Waals surface area contributed by atoms with Gasteiger partial charge in [-0.05, 0) is 32.8 Å². The first-order chi connectivity index (χ1) is 9.24. The number of nitrogens with one attached hydrogen (secondary N) is 1. The molecule has 0 bridgehead atoms. The van der Waals surface area contributed by atoms with E-state index in [4.69, 9.17) is 0 Å². The van der Waals surface area contributed by atoms with Crippen LogP contribution in [-0.2, 0) is 0 Å². The van der Waals surface area contributed by atoms with Gasteiger partial charge < -0.3 is 4.90 Å². The van der Waals surface area contributed by atoms with E-state index in [-0.39, 0.29) is 0 Å². The molecule has 5 heteroatoms. The van der Waals surface area contributed by atoms with Crippen molar-refractivity contribution in [3.8, 4) is 0 Å². The smallest absolute Gasteiger partial charge is 0.150 e. The Morgan fingerprint density at radius 1 is 1.37 bits per heavy atom. The third kappa shape index (κ3) is 2.45. The lowest BCUT2D eigenvalue weighted by atomic mass is 9.95. The van der Waals surface area contributed by atoms with Gasteiger partial charge in [-0.2, -0.15) is 5.10 Å². The van der Waals surface area contributed by atoms with Crippen LogP contribution in [0.2, 0.25) is 0 Å². The third-order valence-electron chi connectivity index (χ3n) is 3.73. The highest BCUT2D eigenvalue weighted by atomic mass is 15.2. The van der Waals surface area contributed by atoms with Gasteiger partial charge in [0.2, 0.25) is 0 Å². The summed E-state index contributed by atoms with van der Waals surface area (Å²) in [5.41, 5.74) is 3.21. The fourth-order valence-corrected chi connectivity index (χ4v) is 2.74. The Balaban J connectivity index is 1.83. The van der Waals surface area contributed by atoms with Crippen molar-refractivity contribution < 1.29 is 0 Å². The molecule has 3 heterocycles. The molecule has 0 aliphatic carbocycles. The standard InChI is InChI=1S/C14H19N5/c1-10-8-15-11(2)14(17-10)19-7-3-4-12(9-19)13-5-6-16-18-13/h5-6,8,12H,3-4,7,9H2,1-2H3,(H,16,18). The minimum atomic E-state index is 0.512. The Bertz CT molecular complexity index is 549. The summed E-state index contributed by atoms with van der Waals surface area (Å²) in [6, 6.07) is 2.07. The molecular weight excluding hydrogens is 238 g/mol. The van der Waals surface area contributed by atoms with E-state index in [1.807, 2.05) is 26.2 Å². The number of hydrogen-bond donors (Lipinski definition) is 1. The molecule has 1 saturated heterocycles. The Labute approximate surface area is 113 Å². The van der Waals surface area contributed by atoms with Crippen molar-refractivity contribution >= 4 is 5.82 Å². The molecule has 1 aliphatic heterocycles. The number of rotatable bonds is 2. The van der Waals surface area contributed by atoms with Crippen LogP contribution in [0.25, 0.3) is 0 Å². The van der Waals surface area contributed by atoms with Gasteiger partial charge in [-0.25, -0.2) is 4.98 Å². The highest BCUT2D eigenvalue weighted by molar-refractivity contribution is 5.44. The molecule has 1 N–H and O–H groups in total. The molecule has 1 unspecified atom stereocenters. The molecule has 0 spiro atoms. The number of aromatic nitrogens is 4. The van der Waals surface area contributed by atoms with Crippen molar-refractivity contribution in [2.45, 2.75) is 32.6 Å². The second-order valence-corrected chi connectivity index (χ2v) is 5.22. The molecule has 5 nitrogen and oxygen atoms in total. The number of H-pyrrole nitrogens is 1. The number of nitrogens with zero attached hydrogens (tertiary/aromatic N) is 4. The van der Waals surface area contributed by atoms with Crippen LogP contribution in [0.5, 0.6) is 0 Å². The number of hydrogen-bond acceptors (Lipinski definition) is 4. The van der Waals surface area contributed by atoms with Crippen molar-refractivity contribution in [3.63, 3.8) is 0 Å². The first kappa shape index (κ1) is 12.1. The van der Waals surface area contributed by atoms with Crippen LogP contribution in [0.4, 0.5) is 5.82 Å². The van der Waals surface area contributed by atoms with Gasteiger partial charge in [0.05, 0.1) is 11.4 Å². The molecule has 1 atom stereocenters. The molecule has 2 aromatic heterocycles. The molecule has 2 aromatic rings. The van der Waals surface area contributed by atoms with Crippen molar-refractivity contribution in [2.75, 3.05) is 18.0 Å². The van der Waals surface area contributed by atoms with Crippen molar-refractivity contribution in [1.82, 2.24) is 20.2 Å². The molecule has 0 saturated carbocycles. The molecule has 0 aromatic carbocycles. The van der Waals surface area contributed by atoms with E-state index in [0.717, 1.165) is 30.3 Å². The Morgan fingerprint density at radius 3 is 3.05 bits per heavy atom. The fourth-order valence-electron chi connectivity index (χ4n) is 2.74. The van der Waals surface area contributed by atoms with Gasteiger partial charge in [-0.15, -0.1) is 0 Å². The van der Waals surface area contributed by atoms with Crippen molar-refractivity contribution in [3.05, 3.63) is 35.5 Å². The SMILES string of the molecule is Cc1cnc(C)c(N2CCCC(c3ccn[nH]3)C2)n1. The molecule has 0 amide bonds. The van der Waals surface area contributed by atoms with Gasteiger partial charge in [0.15, 0.2) is 0 Å². The summed E-state index contributed by atoms with van der Waals surface area (Å²) in [5, 5.41) is 7.15. The second-order valence-electron chi connectivity index (χ2n) is 5.22. The van der Waals surface area contributed by atoms with Gasteiger partial charge in [0.1, 0.15) is 5.82 Å². The molecule has 0 radical (unpaired) electrons. The summed E-state index contributed by atoms with van der Waals surface area (Å²) in [6.07, 6.45) is 6.04. The van der Waals surface area contributed by atoms with Crippen molar-refractivity contribution in [2.24, 2.45) is 0 Å². The lowest BCUT2D eigenvalue weighted by Crippen LogP contribution is -2.35. The first-order valence-corrected chi connectivity index (χ1v) is 6.78. The number of aryl methyl sites for hydroxylation is 2. The maximum absolute atomic E-state index is 4.65. The molecule has 1 fully saturated rings. The van der Waals surface area contributed by atoms with Crippen LogP contribution in [0.1, 0.15) is 35.8 Å². The van der Waals surface area contributed by atoms with E-state index in [1.54, 1.807) is 0 Å². The molecule has 100 valence electrons. The van der Waals surface area contributed by atoms with E-state index in [0.29, 0.717) is 5.92 Å².